The quantitative estimate of drug-likeness (QED) is 0.783. The summed E-state index contributed by atoms with van der Waals surface area (Å²) in [6.07, 6.45) is 0. The Hall–Kier alpha value is -1.82. The van der Waals surface area contributed by atoms with Gasteiger partial charge in [-0.3, -0.25) is 4.79 Å². The van der Waals surface area contributed by atoms with Crippen LogP contribution in [0.4, 0.5) is 0 Å². The van der Waals surface area contributed by atoms with E-state index in [0.29, 0.717) is 17.1 Å². The molecule has 0 aromatic heterocycles. The van der Waals surface area contributed by atoms with Gasteiger partial charge >= 0.3 is 0 Å². The maximum absolute atomic E-state index is 12.0. The normalized spacial score (nSPS) is 11.5. The van der Waals surface area contributed by atoms with Crippen molar-refractivity contribution in [1.29, 1.82) is 0 Å². The lowest BCUT2D eigenvalue weighted by Crippen LogP contribution is -2.41. The maximum Gasteiger partial charge on any atom is 0.255 e. The molecule has 1 amide bonds. The van der Waals surface area contributed by atoms with E-state index in [0.717, 1.165) is 0 Å². The number of rotatable bonds is 5. The molecule has 1 rings (SSSR count). The van der Waals surface area contributed by atoms with Crippen LogP contribution in [0.3, 0.4) is 0 Å². The molecule has 0 aliphatic rings. The van der Waals surface area contributed by atoms with Crippen molar-refractivity contribution in [2.45, 2.75) is 13.0 Å². The standard InChI is InChI=1S/C12H16N2O3S/c1-7(11(13)18)14-12(15)8-5-4-6-9(16-2)10(8)17-3/h4-7H,1-3H3,(H2,13,18)(H,14,15). The molecule has 0 fully saturated rings. The fourth-order valence-corrected chi connectivity index (χ4v) is 1.47. The van der Waals surface area contributed by atoms with E-state index in [-0.39, 0.29) is 16.9 Å². The predicted octanol–water partition coefficient (Wildman–Crippen LogP) is 1.11. The van der Waals surface area contributed by atoms with Crippen LogP contribution in [0, 0.1) is 0 Å². The van der Waals surface area contributed by atoms with E-state index in [4.69, 9.17) is 27.4 Å². The second kappa shape index (κ2) is 6.20. The number of thiocarbonyl (C=S) groups is 1. The highest BCUT2D eigenvalue weighted by molar-refractivity contribution is 7.80. The minimum Gasteiger partial charge on any atom is -0.493 e. The van der Waals surface area contributed by atoms with Crippen LogP contribution in [0.1, 0.15) is 17.3 Å². The van der Waals surface area contributed by atoms with Gasteiger partial charge in [0.15, 0.2) is 11.5 Å². The van der Waals surface area contributed by atoms with Crippen molar-refractivity contribution < 1.29 is 14.3 Å². The van der Waals surface area contributed by atoms with Crippen LogP contribution in [0.25, 0.3) is 0 Å². The molecule has 0 saturated heterocycles. The fourth-order valence-electron chi connectivity index (χ4n) is 1.41. The van der Waals surface area contributed by atoms with Gasteiger partial charge in [-0.15, -0.1) is 0 Å². The van der Waals surface area contributed by atoms with Crippen LogP contribution in [-0.2, 0) is 0 Å². The van der Waals surface area contributed by atoms with Crippen molar-refractivity contribution in [2.24, 2.45) is 5.73 Å². The summed E-state index contributed by atoms with van der Waals surface area (Å²) in [6.45, 7) is 1.72. The summed E-state index contributed by atoms with van der Waals surface area (Å²) < 4.78 is 10.3. The molecule has 18 heavy (non-hydrogen) atoms. The van der Waals surface area contributed by atoms with E-state index in [1.165, 1.54) is 14.2 Å². The molecule has 3 N–H and O–H groups in total. The van der Waals surface area contributed by atoms with E-state index in [2.05, 4.69) is 5.32 Å². The molecule has 1 unspecified atom stereocenters. The van der Waals surface area contributed by atoms with Gasteiger partial charge in [-0.1, -0.05) is 18.3 Å². The van der Waals surface area contributed by atoms with Gasteiger partial charge in [0.25, 0.3) is 5.91 Å². The second-order valence-corrected chi connectivity index (χ2v) is 4.11. The summed E-state index contributed by atoms with van der Waals surface area (Å²) in [7, 11) is 2.99. The Morgan fingerprint density at radius 3 is 2.56 bits per heavy atom. The van der Waals surface area contributed by atoms with Crippen molar-refractivity contribution in [3.05, 3.63) is 23.8 Å². The molecule has 1 aromatic carbocycles. The average molecular weight is 268 g/mol. The second-order valence-electron chi connectivity index (χ2n) is 3.64. The summed E-state index contributed by atoms with van der Waals surface area (Å²) in [5, 5.41) is 2.68. The summed E-state index contributed by atoms with van der Waals surface area (Å²) in [6, 6.07) is 4.68. The van der Waals surface area contributed by atoms with E-state index in [1.807, 2.05) is 0 Å². The molecule has 98 valence electrons. The van der Waals surface area contributed by atoms with Gasteiger partial charge in [0.1, 0.15) is 0 Å². The monoisotopic (exact) mass is 268 g/mol. The molecule has 6 heteroatoms. The third-order valence-corrected chi connectivity index (χ3v) is 2.78. The van der Waals surface area contributed by atoms with Gasteiger partial charge in [0.05, 0.1) is 30.8 Å². The Labute approximate surface area is 111 Å². The van der Waals surface area contributed by atoms with E-state index < -0.39 is 0 Å². The molecule has 0 aliphatic heterocycles. The molecule has 0 radical (unpaired) electrons. The van der Waals surface area contributed by atoms with Crippen LogP contribution >= 0.6 is 12.2 Å². The van der Waals surface area contributed by atoms with Crippen LogP contribution in [0.2, 0.25) is 0 Å². The Kier molecular flexibility index (Phi) is 4.91. The molecule has 0 spiro atoms. The van der Waals surface area contributed by atoms with Crippen molar-refractivity contribution >= 4 is 23.1 Å². The number of amides is 1. The first-order valence-corrected chi connectivity index (χ1v) is 5.73. The third kappa shape index (κ3) is 3.10. The number of benzene rings is 1. The largest absolute Gasteiger partial charge is 0.493 e. The molecular weight excluding hydrogens is 252 g/mol. The smallest absolute Gasteiger partial charge is 0.255 e. The van der Waals surface area contributed by atoms with Gasteiger partial charge < -0.3 is 20.5 Å². The molecular formula is C12H16N2O3S. The van der Waals surface area contributed by atoms with Crippen LogP contribution in [-0.4, -0.2) is 31.2 Å². The molecule has 0 aliphatic carbocycles. The van der Waals surface area contributed by atoms with Gasteiger partial charge in [-0.05, 0) is 19.1 Å². The summed E-state index contributed by atoms with van der Waals surface area (Å²) in [5.74, 6) is 0.562. The number of para-hydroxylation sites is 1. The Morgan fingerprint density at radius 1 is 1.39 bits per heavy atom. The lowest BCUT2D eigenvalue weighted by atomic mass is 10.1. The Morgan fingerprint density at radius 2 is 2.06 bits per heavy atom. The van der Waals surface area contributed by atoms with Crippen LogP contribution in [0.5, 0.6) is 11.5 Å². The summed E-state index contributed by atoms with van der Waals surface area (Å²) >= 11 is 4.80. The molecule has 1 atom stereocenters. The number of ether oxygens (including phenoxy) is 2. The number of carbonyl (C=O) groups excluding carboxylic acids is 1. The summed E-state index contributed by atoms with van der Waals surface area (Å²) in [4.78, 5) is 12.3. The molecule has 1 aromatic rings. The zero-order valence-electron chi connectivity index (χ0n) is 10.5. The highest BCUT2D eigenvalue weighted by Gasteiger charge is 2.18. The number of hydrogen-bond acceptors (Lipinski definition) is 4. The van der Waals surface area contributed by atoms with Crippen molar-refractivity contribution in [3.63, 3.8) is 0 Å². The SMILES string of the molecule is COc1cccc(C(=O)NC(C)C(N)=S)c1OC. The Balaban J connectivity index is 3.02. The number of hydrogen-bond donors (Lipinski definition) is 2. The van der Waals surface area contributed by atoms with Crippen molar-refractivity contribution in [2.75, 3.05) is 14.2 Å². The lowest BCUT2D eigenvalue weighted by Gasteiger charge is -2.15. The number of methoxy groups -OCH3 is 2. The number of nitrogens with two attached hydrogens (primary N) is 1. The minimum absolute atomic E-state index is 0.227. The van der Waals surface area contributed by atoms with E-state index in [9.17, 15) is 4.79 Å². The van der Waals surface area contributed by atoms with Crippen LogP contribution in [0.15, 0.2) is 18.2 Å². The lowest BCUT2D eigenvalue weighted by molar-refractivity contribution is 0.0945. The Bertz CT molecular complexity index is 463. The molecule has 5 nitrogen and oxygen atoms in total. The van der Waals surface area contributed by atoms with Gasteiger partial charge in [0, 0.05) is 0 Å². The predicted molar refractivity (Wildman–Crippen MR) is 73.3 cm³/mol. The minimum atomic E-state index is -0.386. The third-order valence-electron chi connectivity index (χ3n) is 2.42. The maximum atomic E-state index is 12.0. The van der Waals surface area contributed by atoms with Gasteiger partial charge in [-0.2, -0.15) is 0 Å². The molecule has 0 heterocycles. The topological polar surface area (TPSA) is 73.6 Å². The highest BCUT2D eigenvalue weighted by Crippen LogP contribution is 2.30. The number of carbonyl (C=O) groups is 1. The zero-order chi connectivity index (χ0) is 13.7. The average Bonchev–Trinajstić information content (AvgIpc) is 2.37. The van der Waals surface area contributed by atoms with Crippen LogP contribution < -0.4 is 20.5 Å². The number of nitrogens with one attached hydrogen (secondary N) is 1. The van der Waals surface area contributed by atoms with Gasteiger partial charge in [-0.25, -0.2) is 0 Å². The fraction of sp³-hybridized carbons (Fsp3) is 0.333. The van der Waals surface area contributed by atoms with Crippen molar-refractivity contribution in [1.82, 2.24) is 5.32 Å². The van der Waals surface area contributed by atoms with E-state index in [1.54, 1.807) is 25.1 Å². The highest BCUT2D eigenvalue weighted by atomic mass is 32.1. The first-order chi connectivity index (χ1) is 8.51. The first-order valence-electron chi connectivity index (χ1n) is 5.32. The van der Waals surface area contributed by atoms with Crippen molar-refractivity contribution in [3.8, 4) is 11.5 Å². The van der Waals surface area contributed by atoms with Gasteiger partial charge in [0.2, 0.25) is 0 Å². The molecule has 0 bridgehead atoms. The van der Waals surface area contributed by atoms with E-state index >= 15 is 0 Å². The molecule has 0 saturated carbocycles. The summed E-state index contributed by atoms with van der Waals surface area (Å²) in [5.41, 5.74) is 5.82. The first kappa shape index (κ1) is 14.2. The zero-order valence-corrected chi connectivity index (χ0v) is 11.3.